The van der Waals surface area contributed by atoms with E-state index in [1.165, 1.54) is 13.0 Å². The number of hydrogen-bond acceptors (Lipinski definition) is 1. The lowest BCUT2D eigenvalue weighted by molar-refractivity contribution is -0.110. The Morgan fingerprint density at radius 2 is 2.06 bits per heavy atom. The number of halogens is 2. The molecule has 0 spiro atoms. The minimum atomic E-state index is -0.434. The molecule has 1 nitrogen and oxygen atoms in total. The Labute approximate surface area is 101 Å². The second-order valence-electron chi connectivity index (χ2n) is 4.22. The molecule has 0 aromatic heterocycles. The van der Waals surface area contributed by atoms with Crippen LogP contribution in [0.2, 0.25) is 5.02 Å². The number of carbonyl (C=O) groups excluding carboxylic acids is 1. The van der Waals surface area contributed by atoms with E-state index in [1.807, 2.05) is 13.8 Å². The van der Waals surface area contributed by atoms with Gasteiger partial charge in [-0.15, -0.1) is 0 Å². The Morgan fingerprint density at radius 1 is 1.44 bits per heavy atom. The first-order valence-electron chi connectivity index (χ1n) is 5.22. The highest BCUT2D eigenvalue weighted by atomic mass is 35.5. The summed E-state index contributed by atoms with van der Waals surface area (Å²) >= 11 is 5.73. The van der Waals surface area contributed by atoms with Gasteiger partial charge in [0.05, 0.1) is 10.7 Å². The van der Waals surface area contributed by atoms with Crippen molar-refractivity contribution in [3.05, 3.63) is 34.6 Å². The Bertz CT molecular complexity index is 393. The third kappa shape index (κ3) is 3.34. The monoisotopic (exact) mass is 239 g/mol. The standard InChI is InChI=1S/C12H14BClFO/c1-7(2)12(13-8(3)16)9-4-5-11(15)10(14)6-9/h4-7,12H,1-3H3. The zero-order chi connectivity index (χ0) is 12.3. The molecule has 0 amide bonds. The molecule has 1 aromatic carbocycles. The van der Waals surface area contributed by atoms with Gasteiger partial charge in [0.1, 0.15) is 5.82 Å². The van der Waals surface area contributed by atoms with Crippen LogP contribution < -0.4 is 0 Å². The zero-order valence-corrected chi connectivity index (χ0v) is 10.4. The van der Waals surface area contributed by atoms with E-state index in [9.17, 15) is 9.18 Å². The molecule has 0 aliphatic heterocycles. The van der Waals surface area contributed by atoms with Crippen LogP contribution in [0, 0.1) is 11.7 Å². The van der Waals surface area contributed by atoms with Crippen LogP contribution in [-0.4, -0.2) is 13.0 Å². The van der Waals surface area contributed by atoms with E-state index in [0.717, 1.165) is 5.56 Å². The number of hydrogen-bond donors (Lipinski definition) is 0. The largest absolute Gasteiger partial charge is 0.312 e. The molecule has 1 atom stereocenters. The molecule has 0 aliphatic rings. The highest BCUT2D eigenvalue weighted by Crippen LogP contribution is 2.27. The van der Waals surface area contributed by atoms with Gasteiger partial charge in [-0.1, -0.05) is 37.1 Å². The number of carbonyl (C=O) groups is 1. The van der Waals surface area contributed by atoms with Crippen molar-refractivity contribution in [3.63, 3.8) is 0 Å². The van der Waals surface area contributed by atoms with Gasteiger partial charge in [-0.05, 0) is 30.8 Å². The maximum absolute atomic E-state index is 13.0. The summed E-state index contributed by atoms with van der Waals surface area (Å²) < 4.78 is 13.0. The van der Waals surface area contributed by atoms with Gasteiger partial charge in [-0.2, -0.15) is 0 Å². The van der Waals surface area contributed by atoms with Crippen molar-refractivity contribution in [1.29, 1.82) is 0 Å². The molecule has 1 radical (unpaired) electrons. The van der Waals surface area contributed by atoms with Gasteiger partial charge >= 0.3 is 0 Å². The fourth-order valence-corrected chi connectivity index (χ4v) is 1.84. The normalized spacial score (nSPS) is 12.6. The Kier molecular flexibility index (Phi) is 4.54. The maximum atomic E-state index is 13.0. The predicted molar refractivity (Wildman–Crippen MR) is 65.4 cm³/mol. The Balaban J connectivity index is 3.01. The van der Waals surface area contributed by atoms with Crippen molar-refractivity contribution in [2.75, 3.05) is 0 Å². The van der Waals surface area contributed by atoms with Crippen LogP contribution in [0.3, 0.4) is 0 Å². The van der Waals surface area contributed by atoms with Crippen LogP contribution in [0.5, 0.6) is 0 Å². The second kappa shape index (κ2) is 5.49. The quantitative estimate of drug-likeness (QED) is 0.736. The third-order valence-corrected chi connectivity index (χ3v) is 2.75. The molecule has 0 N–H and O–H groups in total. The van der Waals surface area contributed by atoms with Gasteiger partial charge < -0.3 is 4.79 Å². The van der Waals surface area contributed by atoms with Gasteiger partial charge in [-0.25, -0.2) is 4.39 Å². The summed E-state index contributed by atoms with van der Waals surface area (Å²) in [5.74, 6) is -0.184. The van der Waals surface area contributed by atoms with Gasteiger partial charge in [0.25, 0.3) is 0 Å². The van der Waals surface area contributed by atoms with Crippen LogP contribution in [0.1, 0.15) is 32.2 Å². The van der Waals surface area contributed by atoms with Crippen LogP contribution in [-0.2, 0) is 4.79 Å². The first kappa shape index (κ1) is 13.2. The maximum Gasteiger partial charge on any atom is 0.210 e. The molecule has 0 saturated heterocycles. The van der Waals surface area contributed by atoms with E-state index in [1.54, 1.807) is 19.4 Å². The summed E-state index contributed by atoms with van der Waals surface area (Å²) in [5.41, 5.74) is 0.885. The van der Waals surface area contributed by atoms with Crippen molar-refractivity contribution in [1.82, 2.24) is 0 Å². The van der Waals surface area contributed by atoms with E-state index in [-0.39, 0.29) is 22.4 Å². The molecular formula is C12H14BClFO. The van der Waals surface area contributed by atoms with Crippen molar-refractivity contribution in [3.8, 4) is 0 Å². The highest BCUT2D eigenvalue weighted by molar-refractivity contribution is 6.74. The average Bonchev–Trinajstić information content (AvgIpc) is 2.18. The number of rotatable bonds is 4. The molecule has 0 aliphatic carbocycles. The summed E-state index contributed by atoms with van der Waals surface area (Å²) in [5, 5.41) is 0.0973. The predicted octanol–water partition coefficient (Wildman–Crippen LogP) is 3.43. The molecular weight excluding hydrogens is 225 g/mol. The van der Waals surface area contributed by atoms with Gasteiger partial charge in [0.15, 0.2) is 0 Å². The van der Waals surface area contributed by atoms with Crippen molar-refractivity contribution in [2.24, 2.45) is 5.92 Å². The molecule has 1 aromatic rings. The lowest BCUT2D eigenvalue weighted by Gasteiger charge is -2.19. The summed E-state index contributed by atoms with van der Waals surface area (Å²) in [4.78, 5) is 11.1. The summed E-state index contributed by atoms with van der Waals surface area (Å²) in [6.45, 7) is 5.54. The second-order valence-corrected chi connectivity index (χ2v) is 4.63. The highest BCUT2D eigenvalue weighted by Gasteiger charge is 2.20. The molecule has 85 valence electrons. The summed E-state index contributed by atoms with van der Waals surface area (Å²) in [6, 6.07) is 4.59. The third-order valence-electron chi connectivity index (χ3n) is 2.46. The fraction of sp³-hybridized carbons (Fsp3) is 0.417. The summed E-state index contributed by atoms with van der Waals surface area (Å²) in [6.07, 6.45) is 0. The topological polar surface area (TPSA) is 17.1 Å². The first-order chi connectivity index (χ1) is 7.41. The summed E-state index contributed by atoms with van der Waals surface area (Å²) in [7, 11) is 1.65. The van der Waals surface area contributed by atoms with E-state index < -0.39 is 5.82 Å². The van der Waals surface area contributed by atoms with Gasteiger partial charge in [0, 0.05) is 0 Å². The lowest BCUT2D eigenvalue weighted by atomic mass is 9.55. The average molecular weight is 240 g/mol. The lowest BCUT2D eigenvalue weighted by Crippen LogP contribution is -2.20. The molecule has 1 unspecified atom stereocenters. The molecule has 0 fully saturated rings. The van der Waals surface area contributed by atoms with Gasteiger partial charge in [0.2, 0.25) is 7.28 Å². The van der Waals surface area contributed by atoms with Crippen LogP contribution in [0.15, 0.2) is 18.2 Å². The van der Waals surface area contributed by atoms with Crippen molar-refractivity contribution < 1.29 is 9.18 Å². The van der Waals surface area contributed by atoms with Crippen LogP contribution >= 0.6 is 11.6 Å². The number of benzene rings is 1. The molecule has 4 heteroatoms. The Hall–Kier alpha value is -0.825. The van der Waals surface area contributed by atoms with Crippen LogP contribution in [0.4, 0.5) is 4.39 Å². The minimum absolute atomic E-state index is 0.0131. The van der Waals surface area contributed by atoms with E-state index in [4.69, 9.17) is 11.6 Å². The van der Waals surface area contributed by atoms with Crippen LogP contribution in [0.25, 0.3) is 0 Å². The zero-order valence-electron chi connectivity index (χ0n) is 9.63. The van der Waals surface area contributed by atoms with Crippen molar-refractivity contribution in [2.45, 2.75) is 26.6 Å². The SMILES string of the molecule is CC(=O)[B]C(c1ccc(F)c(Cl)c1)C(C)C. The van der Waals surface area contributed by atoms with Crippen molar-refractivity contribution >= 4 is 24.6 Å². The molecule has 0 bridgehead atoms. The molecule has 16 heavy (non-hydrogen) atoms. The van der Waals surface area contributed by atoms with Gasteiger partial charge in [-0.3, -0.25) is 0 Å². The smallest absolute Gasteiger partial charge is 0.210 e. The first-order valence-corrected chi connectivity index (χ1v) is 5.60. The van der Waals surface area contributed by atoms with E-state index in [2.05, 4.69) is 0 Å². The molecule has 0 saturated carbocycles. The van der Waals surface area contributed by atoms with E-state index >= 15 is 0 Å². The van der Waals surface area contributed by atoms with E-state index in [0.29, 0.717) is 0 Å². The minimum Gasteiger partial charge on any atom is -0.312 e. The molecule has 0 heterocycles. The molecule has 1 rings (SSSR count). The Morgan fingerprint density at radius 3 is 2.50 bits per heavy atom. The fourth-order valence-electron chi connectivity index (χ4n) is 1.65.